The van der Waals surface area contributed by atoms with Crippen LogP contribution < -0.4 is 5.48 Å². The molecule has 0 aromatic carbocycles. The first-order chi connectivity index (χ1) is 9.03. The van der Waals surface area contributed by atoms with Crippen molar-refractivity contribution in [1.29, 1.82) is 0 Å². The van der Waals surface area contributed by atoms with Crippen molar-refractivity contribution >= 4 is 21.6 Å². The van der Waals surface area contributed by atoms with Gasteiger partial charge < -0.3 is 9.47 Å². The van der Waals surface area contributed by atoms with Gasteiger partial charge in [0, 0.05) is 10.7 Å². The van der Waals surface area contributed by atoms with E-state index in [4.69, 9.17) is 14.3 Å². The minimum absolute atomic E-state index is 0.101. The summed E-state index contributed by atoms with van der Waals surface area (Å²) in [6.07, 6.45) is 3.47. The van der Waals surface area contributed by atoms with Crippen LogP contribution >= 0.6 is 15.9 Å². The number of hydrogen-bond donors (Lipinski definition) is 1. The Bertz CT molecular complexity index is 501. The molecule has 1 fully saturated rings. The van der Waals surface area contributed by atoms with Crippen LogP contribution in [0.4, 0.5) is 0 Å². The number of hydrogen-bond acceptors (Lipinski definition) is 5. The van der Waals surface area contributed by atoms with Gasteiger partial charge in [0.05, 0.1) is 18.0 Å². The van der Waals surface area contributed by atoms with Gasteiger partial charge in [-0.25, -0.2) is 0 Å². The molecular weight excluding hydrogens is 312 g/mol. The summed E-state index contributed by atoms with van der Waals surface area (Å²) in [4.78, 5) is 9.85. The molecule has 3 heterocycles. The van der Waals surface area contributed by atoms with Crippen LogP contribution in [-0.4, -0.2) is 29.6 Å². The molecular formula is C13H15BrN2O3. The highest BCUT2D eigenvalue weighted by molar-refractivity contribution is 9.10. The fourth-order valence-electron chi connectivity index (χ4n) is 2.10. The zero-order valence-corrected chi connectivity index (χ0v) is 12.3. The zero-order chi connectivity index (χ0) is 13.5. The fourth-order valence-corrected chi connectivity index (χ4v) is 2.33. The Kier molecular flexibility index (Phi) is 3.34. The summed E-state index contributed by atoms with van der Waals surface area (Å²) < 4.78 is 12.3. The van der Waals surface area contributed by atoms with Crippen LogP contribution in [0.5, 0.6) is 0 Å². The van der Waals surface area contributed by atoms with Crippen molar-refractivity contribution in [2.24, 2.45) is 0 Å². The highest BCUT2D eigenvalue weighted by Gasteiger charge is 2.39. The Hall–Kier alpha value is -0.950. The molecule has 2 unspecified atom stereocenters. The average Bonchev–Trinajstić information content (AvgIpc) is 2.96. The number of halogens is 1. The monoisotopic (exact) mass is 326 g/mol. The lowest BCUT2D eigenvalue weighted by Gasteiger charge is -2.18. The van der Waals surface area contributed by atoms with Crippen molar-refractivity contribution in [2.45, 2.75) is 31.8 Å². The van der Waals surface area contributed by atoms with Crippen molar-refractivity contribution < 1.29 is 14.3 Å². The number of ether oxygens (including phenoxy) is 2. The van der Waals surface area contributed by atoms with Gasteiger partial charge >= 0.3 is 0 Å². The second-order valence-electron chi connectivity index (χ2n) is 4.99. The summed E-state index contributed by atoms with van der Waals surface area (Å²) in [5.41, 5.74) is 4.58. The van der Waals surface area contributed by atoms with Gasteiger partial charge in [-0.1, -0.05) is 0 Å². The summed E-state index contributed by atoms with van der Waals surface area (Å²) in [5.74, 6) is -0.541. The summed E-state index contributed by atoms with van der Waals surface area (Å²) in [6.45, 7) is 4.32. The van der Waals surface area contributed by atoms with E-state index in [0.29, 0.717) is 6.61 Å². The zero-order valence-electron chi connectivity index (χ0n) is 10.7. The lowest BCUT2D eigenvalue weighted by Crippen LogP contribution is -2.31. The van der Waals surface area contributed by atoms with Crippen molar-refractivity contribution in [3.05, 3.63) is 34.6 Å². The quantitative estimate of drug-likeness (QED) is 0.903. The summed E-state index contributed by atoms with van der Waals surface area (Å²) in [6, 6.07) is 3.86. The lowest BCUT2D eigenvalue weighted by atomic mass is 10.1. The largest absolute Gasteiger partial charge is 0.348 e. The molecule has 19 heavy (non-hydrogen) atoms. The molecule has 2 atom stereocenters. The van der Waals surface area contributed by atoms with Gasteiger partial charge in [-0.2, -0.15) is 0 Å². The Morgan fingerprint density at radius 3 is 2.89 bits per heavy atom. The Balaban J connectivity index is 1.73. The molecule has 0 amide bonds. The van der Waals surface area contributed by atoms with E-state index in [2.05, 4.69) is 26.4 Å². The van der Waals surface area contributed by atoms with Gasteiger partial charge in [-0.05, 0) is 48.0 Å². The Morgan fingerprint density at radius 1 is 1.42 bits per heavy atom. The maximum Gasteiger partial charge on any atom is 0.163 e. The second-order valence-corrected chi connectivity index (χ2v) is 5.91. The Labute approximate surface area is 120 Å². The molecule has 0 radical (unpaired) electrons. The number of rotatable bonds is 2. The summed E-state index contributed by atoms with van der Waals surface area (Å²) in [7, 11) is 0. The highest BCUT2D eigenvalue weighted by atomic mass is 79.9. The second kappa shape index (κ2) is 4.86. The molecule has 0 bridgehead atoms. The lowest BCUT2D eigenvalue weighted by molar-refractivity contribution is -0.153. The molecule has 3 rings (SSSR count). The maximum atomic E-state index is 5.78. The molecule has 1 saturated heterocycles. The summed E-state index contributed by atoms with van der Waals surface area (Å²) in [5, 5.41) is 0. The molecule has 2 aliphatic rings. The third-order valence-corrected chi connectivity index (χ3v) is 3.51. The van der Waals surface area contributed by atoms with Crippen molar-refractivity contribution in [3.63, 3.8) is 0 Å². The van der Waals surface area contributed by atoms with Crippen LogP contribution in [0.1, 0.15) is 19.5 Å². The molecule has 0 aliphatic carbocycles. The van der Waals surface area contributed by atoms with E-state index in [1.54, 1.807) is 6.20 Å². The molecule has 102 valence electrons. The Morgan fingerprint density at radius 2 is 2.26 bits per heavy atom. The number of pyridine rings is 1. The molecule has 6 heteroatoms. The van der Waals surface area contributed by atoms with Crippen LogP contribution in [0.25, 0.3) is 5.70 Å². The van der Waals surface area contributed by atoms with Crippen molar-refractivity contribution in [2.75, 3.05) is 6.61 Å². The van der Waals surface area contributed by atoms with E-state index in [1.807, 2.05) is 32.1 Å². The van der Waals surface area contributed by atoms with Gasteiger partial charge in [0.15, 0.2) is 5.79 Å². The fraction of sp³-hybridized carbons (Fsp3) is 0.462. The molecule has 1 N–H and O–H groups in total. The van der Waals surface area contributed by atoms with Gasteiger partial charge in [-0.15, -0.1) is 0 Å². The van der Waals surface area contributed by atoms with E-state index in [1.165, 1.54) is 0 Å². The normalized spacial score (nSPS) is 29.1. The van der Waals surface area contributed by atoms with Crippen molar-refractivity contribution in [3.8, 4) is 0 Å². The predicted octanol–water partition coefficient (Wildman–Crippen LogP) is 2.24. The van der Waals surface area contributed by atoms with Gasteiger partial charge in [0.2, 0.25) is 0 Å². The third-order valence-electron chi connectivity index (χ3n) is 3.04. The van der Waals surface area contributed by atoms with Gasteiger partial charge in [0.25, 0.3) is 0 Å². The van der Waals surface area contributed by atoms with Gasteiger partial charge in [0.1, 0.15) is 12.2 Å². The molecule has 5 nitrogen and oxygen atoms in total. The standard InChI is InChI=1S/C13H15BrN2O3/c1-13(2)17-7-12(18-13)11-5-10(16-19-11)9-4-3-8(14)6-15-9/h3-6,11-12,16H,7H2,1-2H3. The van der Waals surface area contributed by atoms with E-state index in [0.717, 1.165) is 15.9 Å². The third kappa shape index (κ3) is 2.81. The van der Waals surface area contributed by atoms with E-state index >= 15 is 0 Å². The van der Waals surface area contributed by atoms with Crippen LogP contribution in [0, 0.1) is 0 Å². The number of aromatic nitrogens is 1. The predicted molar refractivity (Wildman–Crippen MR) is 72.8 cm³/mol. The average molecular weight is 327 g/mol. The first-order valence-electron chi connectivity index (χ1n) is 6.11. The SMILES string of the molecule is CC1(C)OCC(C2C=C(c3ccc(Br)cn3)NO2)O1. The van der Waals surface area contributed by atoms with Crippen molar-refractivity contribution in [1.82, 2.24) is 10.5 Å². The van der Waals surface area contributed by atoms with Crippen LogP contribution in [0.15, 0.2) is 28.9 Å². The van der Waals surface area contributed by atoms with Crippen LogP contribution in [0.3, 0.4) is 0 Å². The number of nitrogens with one attached hydrogen (secondary N) is 1. The highest BCUT2D eigenvalue weighted by Crippen LogP contribution is 2.29. The van der Waals surface area contributed by atoms with Crippen LogP contribution in [-0.2, 0) is 14.3 Å². The van der Waals surface area contributed by atoms with E-state index in [-0.39, 0.29) is 12.2 Å². The van der Waals surface area contributed by atoms with E-state index < -0.39 is 5.79 Å². The molecule has 1 aromatic heterocycles. The van der Waals surface area contributed by atoms with Gasteiger partial charge in [-0.3, -0.25) is 15.3 Å². The number of hydroxylamine groups is 1. The topological polar surface area (TPSA) is 52.6 Å². The first-order valence-corrected chi connectivity index (χ1v) is 6.90. The smallest absolute Gasteiger partial charge is 0.163 e. The minimum Gasteiger partial charge on any atom is -0.348 e. The summed E-state index contributed by atoms with van der Waals surface area (Å²) >= 11 is 3.36. The molecule has 2 aliphatic heterocycles. The number of nitrogens with zero attached hydrogens (tertiary/aromatic N) is 1. The van der Waals surface area contributed by atoms with Crippen LogP contribution in [0.2, 0.25) is 0 Å². The molecule has 1 aromatic rings. The molecule has 0 saturated carbocycles. The molecule has 0 spiro atoms. The van der Waals surface area contributed by atoms with E-state index in [9.17, 15) is 0 Å². The minimum atomic E-state index is -0.541. The first kappa shape index (κ1) is 13.1. The maximum absolute atomic E-state index is 5.78.